The van der Waals surface area contributed by atoms with E-state index >= 15 is 0 Å². The predicted octanol–water partition coefficient (Wildman–Crippen LogP) is 0.796. The van der Waals surface area contributed by atoms with Crippen molar-refractivity contribution in [3.63, 3.8) is 0 Å². The molecule has 1 aromatic heterocycles. The Morgan fingerprint density at radius 1 is 1.39 bits per heavy atom. The van der Waals surface area contributed by atoms with Crippen LogP contribution >= 0.6 is 11.8 Å². The van der Waals surface area contributed by atoms with E-state index in [1.54, 1.807) is 18.2 Å². The zero-order chi connectivity index (χ0) is 23.2. The number of nitrogens with zero attached hydrogens (tertiary/aromatic N) is 2. The molecule has 2 rings (SSSR count). The average Bonchev–Trinajstić information content (AvgIpc) is 2.97. The average molecular weight is 474 g/mol. The number of carbonyl (C=O) groups is 4. The van der Waals surface area contributed by atoms with Crippen LogP contribution in [-0.4, -0.2) is 57.7 Å². The minimum Gasteiger partial charge on any atom is -0.370 e. The van der Waals surface area contributed by atoms with Gasteiger partial charge in [0.05, 0.1) is 17.1 Å². The SMILES string of the molecule is CCCCC(C(=O)ON1C(=O)CC(S(=O)(=O)O)C1=O)c1cccc(SCCC(N)=O)n1. The zero-order valence-corrected chi connectivity index (χ0v) is 18.4. The van der Waals surface area contributed by atoms with Gasteiger partial charge in [0, 0.05) is 12.2 Å². The number of nitrogens with two attached hydrogens (primary N) is 1. The molecule has 0 radical (unpaired) electrons. The topological polar surface area (TPSA) is 174 Å². The maximum atomic E-state index is 12.8. The number of amides is 3. The largest absolute Gasteiger partial charge is 0.370 e. The van der Waals surface area contributed by atoms with Gasteiger partial charge in [0.25, 0.3) is 21.9 Å². The molecule has 1 aromatic rings. The fourth-order valence-electron chi connectivity index (χ4n) is 2.82. The second kappa shape index (κ2) is 10.7. The summed E-state index contributed by atoms with van der Waals surface area (Å²) in [6.07, 6.45) is 1.04. The first-order valence-electron chi connectivity index (χ1n) is 9.47. The summed E-state index contributed by atoms with van der Waals surface area (Å²) in [5.74, 6) is -4.27. The summed E-state index contributed by atoms with van der Waals surface area (Å²) in [6, 6.07) is 4.96. The molecule has 1 aliphatic rings. The summed E-state index contributed by atoms with van der Waals surface area (Å²) in [7, 11) is -4.81. The highest BCUT2D eigenvalue weighted by molar-refractivity contribution is 7.99. The lowest BCUT2D eigenvalue weighted by molar-refractivity contribution is -0.198. The maximum absolute atomic E-state index is 12.8. The smallest absolute Gasteiger partial charge is 0.342 e. The van der Waals surface area contributed by atoms with Crippen LogP contribution in [0.3, 0.4) is 0 Å². The molecular formula is C18H23N3O8S2. The quantitative estimate of drug-likeness (QED) is 0.266. The molecule has 2 heterocycles. The summed E-state index contributed by atoms with van der Waals surface area (Å²) < 4.78 is 31.6. The molecule has 3 amide bonds. The van der Waals surface area contributed by atoms with E-state index in [-0.39, 0.29) is 11.5 Å². The molecule has 2 unspecified atom stereocenters. The monoisotopic (exact) mass is 473 g/mol. The number of hydroxylamine groups is 2. The lowest BCUT2D eigenvalue weighted by Gasteiger charge is -2.19. The lowest BCUT2D eigenvalue weighted by Crippen LogP contribution is -2.38. The van der Waals surface area contributed by atoms with Crippen LogP contribution in [0.25, 0.3) is 0 Å². The van der Waals surface area contributed by atoms with Crippen molar-refractivity contribution in [2.24, 2.45) is 5.73 Å². The summed E-state index contributed by atoms with van der Waals surface area (Å²) in [4.78, 5) is 57.1. The van der Waals surface area contributed by atoms with Crippen LogP contribution in [0.1, 0.15) is 50.6 Å². The molecule has 1 aliphatic heterocycles. The van der Waals surface area contributed by atoms with E-state index in [1.165, 1.54) is 11.8 Å². The van der Waals surface area contributed by atoms with Crippen LogP contribution in [0.4, 0.5) is 0 Å². The van der Waals surface area contributed by atoms with Crippen molar-refractivity contribution in [1.82, 2.24) is 10.0 Å². The fourth-order valence-corrected chi connectivity index (χ4v) is 4.38. The zero-order valence-electron chi connectivity index (χ0n) is 16.7. The summed E-state index contributed by atoms with van der Waals surface area (Å²) in [6.45, 7) is 1.91. The van der Waals surface area contributed by atoms with Crippen LogP contribution in [0, 0.1) is 0 Å². The molecule has 3 N–H and O–H groups in total. The second-order valence-electron chi connectivity index (χ2n) is 6.80. The Bertz CT molecular complexity index is 966. The van der Waals surface area contributed by atoms with Crippen LogP contribution in [0.5, 0.6) is 0 Å². The Balaban J connectivity index is 2.18. The highest BCUT2D eigenvalue weighted by Crippen LogP contribution is 2.27. The van der Waals surface area contributed by atoms with Crippen molar-refractivity contribution in [2.75, 3.05) is 5.75 Å². The van der Waals surface area contributed by atoms with Crippen molar-refractivity contribution in [3.05, 3.63) is 23.9 Å². The molecule has 2 atom stereocenters. The number of pyridine rings is 1. The van der Waals surface area contributed by atoms with Gasteiger partial charge in [-0.1, -0.05) is 25.8 Å². The Hall–Kier alpha value is -2.51. The molecule has 0 aliphatic carbocycles. The number of imide groups is 1. The van der Waals surface area contributed by atoms with Crippen LogP contribution in [0.15, 0.2) is 23.2 Å². The molecular weight excluding hydrogens is 450 g/mol. The fraction of sp³-hybridized carbons (Fsp3) is 0.500. The number of aromatic nitrogens is 1. The third-order valence-electron chi connectivity index (χ3n) is 4.43. The number of hydrogen-bond acceptors (Lipinski definition) is 9. The molecule has 31 heavy (non-hydrogen) atoms. The van der Waals surface area contributed by atoms with Crippen molar-refractivity contribution >= 4 is 45.6 Å². The number of unbranched alkanes of at least 4 members (excludes halogenated alkanes) is 1. The molecule has 11 nitrogen and oxygen atoms in total. The number of hydrogen-bond donors (Lipinski definition) is 2. The van der Waals surface area contributed by atoms with Gasteiger partial charge in [-0.05, 0) is 18.6 Å². The van der Waals surface area contributed by atoms with Gasteiger partial charge in [0.15, 0.2) is 5.25 Å². The van der Waals surface area contributed by atoms with Crippen molar-refractivity contribution in [3.8, 4) is 0 Å². The molecule has 13 heteroatoms. The van der Waals surface area contributed by atoms with E-state index in [0.29, 0.717) is 29.3 Å². The number of primary amides is 1. The molecule has 0 saturated carbocycles. The molecule has 1 fully saturated rings. The molecule has 1 saturated heterocycles. The second-order valence-corrected chi connectivity index (χ2v) is 9.52. The predicted molar refractivity (Wildman–Crippen MR) is 109 cm³/mol. The van der Waals surface area contributed by atoms with Gasteiger partial charge in [0.1, 0.15) is 5.92 Å². The number of carbonyl (C=O) groups excluding carboxylic acids is 4. The Labute approximate surface area is 183 Å². The molecule has 0 spiro atoms. The van der Waals surface area contributed by atoms with E-state index in [2.05, 4.69) is 4.98 Å². The first-order chi connectivity index (χ1) is 14.5. The van der Waals surface area contributed by atoms with E-state index in [1.807, 2.05) is 6.92 Å². The Morgan fingerprint density at radius 3 is 2.68 bits per heavy atom. The van der Waals surface area contributed by atoms with Crippen LogP contribution in [0.2, 0.25) is 0 Å². The number of rotatable bonds is 11. The van der Waals surface area contributed by atoms with Crippen molar-refractivity contribution in [1.29, 1.82) is 0 Å². The maximum Gasteiger partial charge on any atom is 0.342 e. The molecule has 0 bridgehead atoms. The third kappa shape index (κ3) is 6.74. The normalized spacial score (nSPS) is 17.6. The molecule has 170 valence electrons. The summed E-state index contributed by atoms with van der Waals surface area (Å²) in [5, 5.41) is -1.36. The van der Waals surface area contributed by atoms with Gasteiger partial charge >= 0.3 is 5.97 Å². The van der Waals surface area contributed by atoms with Gasteiger partial charge < -0.3 is 10.6 Å². The lowest BCUT2D eigenvalue weighted by atomic mass is 9.98. The van der Waals surface area contributed by atoms with Gasteiger partial charge in [-0.25, -0.2) is 9.78 Å². The number of thioether (sulfide) groups is 1. The van der Waals surface area contributed by atoms with Gasteiger partial charge in [-0.15, -0.1) is 16.8 Å². The first-order valence-corrected chi connectivity index (χ1v) is 12.0. The van der Waals surface area contributed by atoms with Gasteiger partial charge in [-0.3, -0.25) is 18.9 Å². The highest BCUT2D eigenvalue weighted by atomic mass is 32.2. The minimum atomic E-state index is -4.81. The summed E-state index contributed by atoms with van der Waals surface area (Å²) in [5.41, 5.74) is 5.46. The third-order valence-corrected chi connectivity index (χ3v) is 6.45. The Morgan fingerprint density at radius 2 is 2.10 bits per heavy atom. The van der Waals surface area contributed by atoms with E-state index in [0.717, 1.165) is 6.42 Å². The van der Waals surface area contributed by atoms with Crippen molar-refractivity contribution in [2.45, 2.75) is 55.2 Å². The van der Waals surface area contributed by atoms with Crippen molar-refractivity contribution < 1.29 is 37.0 Å². The highest BCUT2D eigenvalue weighted by Gasteiger charge is 2.48. The standard InChI is InChI=1S/C18H23N3O8S2/c1-2-3-5-11(12-6-4-7-15(20-12)30-9-8-14(19)22)18(25)29-21-16(23)10-13(17(21)24)31(26,27)28/h4,6-7,11,13H,2-3,5,8-10H2,1H3,(H2,19,22)(H,26,27,28). The minimum absolute atomic E-state index is 0.0885. The van der Waals surface area contributed by atoms with Crippen LogP contribution < -0.4 is 5.73 Å². The summed E-state index contributed by atoms with van der Waals surface area (Å²) >= 11 is 1.28. The van der Waals surface area contributed by atoms with Gasteiger partial charge in [0.2, 0.25) is 5.91 Å². The Kier molecular flexibility index (Phi) is 8.53. The van der Waals surface area contributed by atoms with Crippen LogP contribution in [-0.2, 0) is 34.1 Å². The van der Waals surface area contributed by atoms with E-state index in [4.69, 9.17) is 15.1 Å². The van der Waals surface area contributed by atoms with E-state index < -0.39 is 51.4 Å². The van der Waals surface area contributed by atoms with E-state index in [9.17, 15) is 27.6 Å². The first kappa shape index (κ1) is 24.8. The molecule has 0 aromatic carbocycles. The van der Waals surface area contributed by atoms with Gasteiger partial charge in [-0.2, -0.15) is 8.42 Å².